The van der Waals surface area contributed by atoms with Crippen LogP contribution in [0.1, 0.15) is 20.8 Å². The molecule has 1 rings (SSSR count). The van der Waals surface area contributed by atoms with Gasteiger partial charge in [0.25, 0.3) is 0 Å². The standard InChI is InChI=1S/C11H19F3N2O2/c1-10(2,3)18-9(17)16-5-7-4-15-6-8(7)11(12,13)14/h7-8,15H,4-6H2,1-3H3,(H,16,17)/t7-,8+/m1/s1. The molecule has 0 aromatic rings. The molecule has 1 fully saturated rings. The van der Waals surface area contributed by atoms with Gasteiger partial charge in [0, 0.05) is 25.6 Å². The largest absolute Gasteiger partial charge is 0.444 e. The molecule has 2 atom stereocenters. The Kier molecular flexibility index (Phi) is 4.47. The molecular formula is C11H19F3N2O2. The molecule has 2 N–H and O–H groups in total. The van der Waals surface area contributed by atoms with Gasteiger partial charge in [0.1, 0.15) is 5.60 Å². The predicted octanol–water partition coefficient (Wildman–Crippen LogP) is 1.91. The van der Waals surface area contributed by atoms with Crippen LogP contribution in [0.15, 0.2) is 0 Å². The summed E-state index contributed by atoms with van der Waals surface area (Å²) >= 11 is 0. The molecule has 0 aromatic heterocycles. The van der Waals surface area contributed by atoms with Crippen LogP contribution in [0.4, 0.5) is 18.0 Å². The first-order valence-electron chi connectivity index (χ1n) is 5.84. The summed E-state index contributed by atoms with van der Waals surface area (Å²) in [6.45, 7) is 5.21. The van der Waals surface area contributed by atoms with E-state index >= 15 is 0 Å². The minimum absolute atomic E-state index is 0.0356. The highest BCUT2D eigenvalue weighted by molar-refractivity contribution is 5.67. The maximum absolute atomic E-state index is 12.6. The van der Waals surface area contributed by atoms with Crippen molar-refractivity contribution < 1.29 is 22.7 Å². The molecule has 1 amide bonds. The van der Waals surface area contributed by atoms with Crippen LogP contribution < -0.4 is 10.6 Å². The molecule has 1 saturated heterocycles. The van der Waals surface area contributed by atoms with Crippen molar-refractivity contribution >= 4 is 6.09 Å². The molecule has 1 aliphatic rings. The lowest BCUT2D eigenvalue weighted by Crippen LogP contribution is -2.39. The second kappa shape index (κ2) is 5.34. The number of nitrogens with one attached hydrogen (secondary N) is 2. The summed E-state index contributed by atoms with van der Waals surface area (Å²) in [5, 5.41) is 5.07. The van der Waals surface area contributed by atoms with Crippen LogP contribution >= 0.6 is 0 Å². The first kappa shape index (κ1) is 15.1. The molecule has 0 saturated carbocycles. The van der Waals surface area contributed by atoms with Gasteiger partial charge in [0.05, 0.1) is 5.92 Å². The highest BCUT2D eigenvalue weighted by Gasteiger charge is 2.47. The Morgan fingerprint density at radius 2 is 1.94 bits per heavy atom. The number of hydrogen-bond acceptors (Lipinski definition) is 3. The summed E-state index contributed by atoms with van der Waals surface area (Å²) in [6.07, 6.45) is -4.92. The van der Waals surface area contributed by atoms with Crippen LogP contribution in [-0.2, 0) is 4.74 Å². The summed E-state index contributed by atoms with van der Waals surface area (Å²) in [4.78, 5) is 11.3. The molecule has 0 spiro atoms. The van der Waals surface area contributed by atoms with Gasteiger partial charge < -0.3 is 15.4 Å². The third-order valence-electron chi connectivity index (χ3n) is 2.67. The molecule has 0 radical (unpaired) electrons. The average Bonchev–Trinajstić information content (AvgIpc) is 2.58. The summed E-state index contributed by atoms with van der Waals surface area (Å²) < 4.78 is 42.8. The van der Waals surface area contributed by atoms with Crippen molar-refractivity contribution in [1.82, 2.24) is 10.6 Å². The first-order chi connectivity index (χ1) is 8.09. The molecule has 1 heterocycles. The Balaban J connectivity index is 2.41. The summed E-state index contributed by atoms with van der Waals surface area (Å²) in [6, 6.07) is 0. The molecular weight excluding hydrogens is 249 g/mol. The van der Waals surface area contributed by atoms with Crippen LogP contribution in [-0.4, -0.2) is 37.5 Å². The molecule has 18 heavy (non-hydrogen) atoms. The summed E-state index contributed by atoms with van der Waals surface area (Å²) in [5.74, 6) is -2.05. The van der Waals surface area contributed by atoms with Gasteiger partial charge in [-0.15, -0.1) is 0 Å². The van der Waals surface area contributed by atoms with Crippen molar-refractivity contribution in [2.24, 2.45) is 11.8 Å². The van der Waals surface area contributed by atoms with E-state index < -0.39 is 29.7 Å². The van der Waals surface area contributed by atoms with E-state index in [0.717, 1.165) is 0 Å². The van der Waals surface area contributed by atoms with Crippen LogP contribution in [0.25, 0.3) is 0 Å². The van der Waals surface area contributed by atoms with E-state index in [1.807, 2.05) is 0 Å². The van der Waals surface area contributed by atoms with E-state index in [2.05, 4.69) is 10.6 Å². The summed E-state index contributed by atoms with van der Waals surface area (Å²) in [5.41, 5.74) is -0.651. The molecule has 1 aliphatic heterocycles. The smallest absolute Gasteiger partial charge is 0.407 e. The van der Waals surface area contributed by atoms with Crippen molar-refractivity contribution in [3.05, 3.63) is 0 Å². The number of alkyl carbamates (subject to hydrolysis) is 1. The number of alkyl halides is 3. The Bertz CT molecular complexity index is 300. The third-order valence-corrected chi connectivity index (χ3v) is 2.67. The van der Waals surface area contributed by atoms with Gasteiger partial charge in [-0.05, 0) is 20.8 Å². The summed E-state index contributed by atoms with van der Waals surface area (Å²) in [7, 11) is 0. The molecule has 0 aliphatic carbocycles. The maximum atomic E-state index is 12.6. The lowest BCUT2D eigenvalue weighted by Gasteiger charge is -2.23. The van der Waals surface area contributed by atoms with Gasteiger partial charge in [-0.2, -0.15) is 13.2 Å². The van der Waals surface area contributed by atoms with Gasteiger partial charge in [-0.1, -0.05) is 0 Å². The maximum Gasteiger partial charge on any atom is 0.407 e. The fourth-order valence-electron chi connectivity index (χ4n) is 1.86. The lowest BCUT2D eigenvalue weighted by atomic mass is 9.95. The van der Waals surface area contributed by atoms with E-state index in [1.54, 1.807) is 20.8 Å². The predicted molar refractivity (Wildman–Crippen MR) is 60.1 cm³/mol. The third kappa shape index (κ3) is 4.72. The topological polar surface area (TPSA) is 50.4 Å². The van der Waals surface area contributed by atoms with Gasteiger partial charge in [0.2, 0.25) is 0 Å². The molecule has 106 valence electrons. The minimum Gasteiger partial charge on any atom is -0.444 e. The van der Waals surface area contributed by atoms with E-state index in [9.17, 15) is 18.0 Å². The number of rotatable bonds is 2. The van der Waals surface area contributed by atoms with Crippen molar-refractivity contribution in [2.75, 3.05) is 19.6 Å². The molecule has 0 bridgehead atoms. The average molecular weight is 268 g/mol. The van der Waals surface area contributed by atoms with Gasteiger partial charge >= 0.3 is 12.3 Å². The Labute approximate surface area is 104 Å². The second-order valence-corrected chi connectivity index (χ2v) is 5.45. The molecule has 4 nitrogen and oxygen atoms in total. The molecule has 0 aromatic carbocycles. The SMILES string of the molecule is CC(C)(C)OC(=O)NC[C@H]1CNC[C@@H]1C(F)(F)F. The van der Waals surface area contributed by atoms with Gasteiger partial charge in [-0.25, -0.2) is 4.79 Å². The van der Waals surface area contributed by atoms with Crippen LogP contribution in [0, 0.1) is 11.8 Å². The zero-order valence-corrected chi connectivity index (χ0v) is 10.7. The van der Waals surface area contributed by atoms with Gasteiger partial charge in [-0.3, -0.25) is 0 Å². The van der Waals surface area contributed by atoms with Crippen molar-refractivity contribution in [1.29, 1.82) is 0 Å². The minimum atomic E-state index is -4.23. The molecule has 0 unspecified atom stereocenters. The fourth-order valence-corrected chi connectivity index (χ4v) is 1.86. The monoisotopic (exact) mass is 268 g/mol. The Morgan fingerprint density at radius 1 is 1.33 bits per heavy atom. The van der Waals surface area contributed by atoms with Gasteiger partial charge in [0.15, 0.2) is 0 Å². The highest BCUT2D eigenvalue weighted by atomic mass is 19.4. The molecule has 7 heteroatoms. The number of carbonyl (C=O) groups is 1. The van der Waals surface area contributed by atoms with Crippen LogP contribution in [0.2, 0.25) is 0 Å². The first-order valence-corrected chi connectivity index (χ1v) is 5.84. The quantitative estimate of drug-likeness (QED) is 0.804. The number of ether oxygens (including phenoxy) is 1. The van der Waals surface area contributed by atoms with E-state index in [1.165, 1.54) is 0 Å². The number of amides is 1. The van der Waals surface area contributed by atoms with Crippen LogP contribution in [0.5, 0.6) is 0 Å². The van der Waals surface area contributed by atoms with Crippen molar-refractivity contribution in [3.63, 3.8) is 0 Å². The second-order valence-electron chi connectivity index (χ2n) is 5.45. The van der Waals surface area contributed by atoms with Crippen molar-refractivity contribution in [3.8, 4) is 0 Å². The fraction of sp³-hybridized carbons (Fsp3) is 0.909. The Morgan fingerprint density at radius 3 is 2.44 bits per heavy atom. The van der Waals surface area contributed by atoms with E-state index in [0.29, 0.717) is 0 Å². The number of hydrogen-bond donors (Lipinski definition) is 2. The van der Waals surface area contributed by atoms with E-state index in [-0.39, 0.29) is 19.6 Å². The normalized spacial score (nSPS) is 25.0. The zero-order chi connectivity index (χ0) is 14.0. The highest BCUT2D eigenvalue weighted by Crippen LogP contribution is 2.33. The number of carbonyl (C=O) groups excluding carboxylic acids is 1. The van der Waals surface area contributed by atoms with E-state index in [4.69, 9.17) is 4.74 Å². The Hall–Kier alpha value is -0.980. The lowest BCUT2D eigenvalue weighted by molar-refractivity contribution is -0.178. The zero-order valence-electron chi connectivity index (χ0n) is 10.7. The van der Waals surface area contributed by atoms with Crippen molar-refractivity contribution in [2.45, 2.75) is 32.5 Å². The number of halogens is 3. The van der Waals surface area contributed by atoms with Crippen LogP contribution in [0.3, 0.4) is 0 Å².